The van der Waals surface area contributed by atoms with E-state index in [0.717, 1.165) is 4.47 Å². The molecule has 0 nitrogen and oxygen atoms in total. The van der Waals surface area contributed by atoms with Crippen molar-refractivity contribution in [1.29, 1.82) is 0 Å². The zero-order valence-electron chi connectivity index (χ0n) is 15.9. The zero-order valence-corrected chi connectivity index (χ0v) is 17.5. The Kier molecular flexibility index (Phi) is 3.18. The normalized spacial score (nSPS) is 15.1. The molecule has 0 fully saturated rings. The lowest BCUT2D eigenvalue weighted by molar-refractivity contribution is 0.661. The third-order valence-electron chi connectivity index (χ3n) is 6.48. The molecule has 0 saturated heterocycles. The Labute approximate surface area is 173 Å². The van der Waals surface area contributed by atoms with E-state index in [1.807, 2.05) is 0 Å². The molecule has 2 aliphatic rings. The van der Waals surface area contributed by atoms with Crippen LogP contribution in [0.5, 0.6) is 0 Å². The van der Waals surface area contributed by atoms with Gasteiger partial charge in [0.2, 0.25) is 0 Å². The molecular formula is C27H19Br. The van der Waals surface area contributed by atoms with Crippen LogP contribution in [0.15, 0.2) is 71.2 Å². The first kappa shape index (κ1) is 16.3. The Morgan fingerprint density at radius 1 is 0.714 bits per heavy atom. The van der Waals surface area contributed by atoms with Crippen molar-refractivity contribution in [2.45, 2.75) is 19.3 Å². The van der Waals surface area contributed by atoms with E-state index >= 15 is 0 Å². The van der Waals surface area contributed by atoms with Crippen molar-refractivity contribution >= 4 is 38.9 Å². The fourth-order valence-corrected chi connectivity index (χ4v) is 5.29. The molecule has 0 heterocycles. The van der Waals surface area contributed by atoms with Crippen molar-refractivity contribution in [3.05, 3.63) is 93.5 Å². The molecule has 6 rings (SSSR count). The fraction of sp³-hybridized carbons (Fsp3) is 0.111. The zero-order chi connectivity index (χ0) is 19.0. The highest BCUT2D eigenvalue weighted by atomic mass is 79.9. The molecule has 134 valence electrons. The predicted octanol–water partition coefficient (Wildman–Crippen LogP) is 8.06. The average Bonchev–Trinajstić information content (AvgIpc) is 3.21. The quantitative estimate of drug-likeness (QED) is 0.256. The van der Waals surface area contributed by atoms with E-state index in [1.54, 1.807) is 0 Å². The minimum absolute atomic E-state index is 0.00678. The summed E-state index contributed by atoms with van der Waals surface area (Å²) in [4.78, 5) is 0. The van der Waals surface area contributed by atoms with Crippen LogP contribution in [0, 0.1) is 0 Å². The van der Waals surface area contributed by atoms with Crippen molar-refractivity contribution in [3.8, 4) is 22.3 Å². The van der Waals surface area contributed by atoms with Crippen LogP contribution in [0.4, 0.5) is 0 Å². The van der Waals surface area contributed by atoms with Crippen molar-refractivity contribution in [2.24, 2.45) is 0 Å². The molecule has 28 heavy (non-hydrogen) atoms. The second-order valence-electron chi connectivity index (χ2n) is 8.38. The maximum Gasteiger partial charge on any atom is 0.0175 e. The molecule has 0 spiro atoms. The van der Waals surface area contributed by atoms with E-state index in [9.17, 15) is 0 Å². The summed E-state index contributed by atoms with van der Waals surface area (Å²) >= 11 is 3.54. The topological polar surface area (TPSA) is 0 Å². The number of halogens is 1. The van der Waals surface area contributed by atoms with Gasteiger partial charge in [-0.25, -0.2) is 0 Å². The van der Waals surface area contributed by atoms with Crippen LogP contribution < -0.4 is 0 Å². The van der Waals surface area contributed by atoms with Crippen LogP contribution in [-0.2, 0) is 5.41 Å². The molecule has 0 aromatic heterocycles. The summed E-state index contributed by atoms with van der Waals surface area (Å²) in [7, 11) is 0. The largest absolute Gasteiger partial charge is 0.0610 e. The fourth-order valence-electron chi connectivity index (χ4n) is 5.02. The maximum absolute atomic E-state index is 3.54. The van der Waals surface area contributed by atoms with Gasteiger partial charge in [-0.2, -0.15) is 0 Å². The van der Waals surface area contributed by atoms with E-state index in [4.69, 9.17) is 0 Å². The Morgan fingerprint density at radius 2 is 1.46 bits per heavy atom. The SMILES string of the molecule is CC1(C)c2cc(-c3ccc(Br)cc3)ccc2-c2c1cc1c3c(cccc23)C=C1. The monoisotopic (exact) mass is 422 g/mol. The average molecular weight is 423 g/mol. The highest BCUT2D eigenvalue weighted by Gasteiger charge is 2.37. The van der Waals surface area contributed by atoms with Crippen LogP contribution in [0.2, 0.25) is 0 Å². The molecule has 0 saturated carbocycles. The molecular weight excluding hydrogens is 404 g/mol. The van der Waals surface area contributed by atoms with Crippen molar-refractivity contribution < 1.29 is 0 Å². The van der Waals surface area contributed by atoms with E-state index in [0.29, 0.717) is 0 Å². The minimum atomic E-state index is -0.00678. The van der Waals surface area contributed by atoms with Gasteiger partial charge in [0.25, 0.3) is 0 Å². The van der Waals surface area contributed by atoms with E-state index in [1.165, 1.54) is 55.3 Å². The van der Waals surface area contributed by atoms with Crippen molar-refractivity contribution in [2.75, 3.05) is 0 Å². The third kappa shape index (κ3) is 2.06. The van der Waals surface area contributed by atoms with Gasteiger partial charge in [-0.1, -0.05) is 84.4 Å². The summed E-state index contributed by atoms with van der Waals surface area (Å²) in [5, 5.41) is 2.79. The molecule has 4 aromatic rings. The lowest BCUT2D eigenvalue weighted by atomic mass is 9.80. The van der Waals surface area contributed by atoms with E-state index in [2.05, 4.69) is 109 Å². The molecule has 0 unspecified atom stereocenters. The van der Waals surface area contributed by atoms with Crippen LogP contribution in [0.1, 0.15) is 36.1 Å². The molecule has 4 aromatic carbocycles. The maximum atomic E-state index is 3.54. The molecule has 0 amide bonds. The van der Waals surface area contributed by atoms with Gasteiger partial charge in [0.15, 0.2) is 0 Å². The first-order chi connectivity index (χ1) is 13.5. The predicted molar refractivity (Wildman–Crippen MR) is 124 cm³/mol. The number of benzene rings is 4. The van der Waals surface area contributed by atoms with Crippen LogP contribution >= 0.6 is 15.9 Å². The van der Waals surface area contributed by atoms with E-state index < -0.39 is 0 Å². The second kappa shape index (κ2) is 5.46. The molecule has 0 aliphatic heterocycles. The van der Waals surface area contributed by atoms with Gasteiger partial charge in [-0.05, 0) is 79.5 Å². The standard InChI is InChI=1S/C27H19Br/c1-27(2)23-14-18(16-8-11-20(28)12-9-16)10-13-21(23)26-22-5-3-4-17-6-7-19(25(17)22)15-24(26)27/h3-15H,1-2H3. The lowest BCUT2D eigenvalue weighted by Crippen LogP contribution is -2.15. The van der Waals surface area contributed by atoms with Gasteiger partial charge in [-0.15, -0.1) is 0 Å². The number of fused-ring (bicyclic) bond motifs is 4. The molecule has 1 heteroatoms. The van der Waals surface area contributed by atoms with Crippen LogP contribution in [-0.4, -0.2) is 0 Å². The summed E-state index contributed by atoms with van der Waals surface area (Å²) in [6, 6.07) is 24.7. The van der Waals surface area contributed by atoms with Gasteiger partial charge >= 0.3 is 0 Å². The Hall–Kier alpha value is -2.64. The van der Waals surface area contributed by atoms with Gasteiger partial charge in [0.1, 0.15) is 0 Å². The van der Waals surface area contributed by atoms with E-state index in [-0.39, 0.29) is 5.41 Å². The van der Waals surface area contributed by atoms with Crippen molar-refractivity contribution in [1.82, 2.24) is 0 Å². The van der Waals surface area contributed by atoms with Crippen molar-refractivity contribution in [3.63, 3.8) is 0 Å². The van der Waals surface area contributed by atoms with Gasteiger partial charge in [0, 0.05) is 9.89 Å². The second-order valence-corrected chi connectivity index (χ2v) is 9.30. The van der Waals surface area contributed by atoms with Crippen LogP contribution in [0.25, 0.3) is 45.2 Å². The minimum Gasteiger partial charge on any atom is -0.0610 e. The first-order valence-corrected chi connectivity index (χ1v) is 10.5. The molecule has 2 aliphatic carbocycles. The smallest absolute Gasteiger partial charge is 0.0175 e. The van der Waals surface area contributed by atoms with Gasteiger partial charge in [0.05, 0.1) is 0 Å². The van der Waals surface area contributed by atoms with Gasteiger partial charge < -0.3 is 0 Å². The summed E-state index contributed by atoms with van der Waals surface area (Å²) < 4.78 is 1.11. The summed E-state index contributed by atoms with van der Waals surface area (Å²) in [5.41, 5.74) is 10.9. The molecule has 0 N–H and O–H groups in total. The van der Waals surface area contributed by atoms with Gasteiger partial charge in [-0.3, -0.25) is 0 Å². The number of hydrogen-bond acceptors (Lipinski definition) is 0. The third-order valence-corrected chi connectivity index (χ3v) is 7.01. The Bertz CT molecular complexity index is 1320. The summed E-state index contributed by atoms with van der Waals surface area (Å²) in [5.74, 6) is 0. The Morgan fingerprint density at radius 3 is 2.29 bits per heavy atom. The number of rotatable bonds is 1. The highest BCUT2D eigenvalue weighted by Crippen LogP contribution is 2.53. The summed E-state index contributed by atoms with van der Waals surface area (Å²) in [6.45, 7) is 4.73. The summed E-state index contributed by atoms with van der Waals surface area (Å²) in [6.07, 6.45) is 4.52. The first-order valence-electron chi connectivity index (χ1n) is 9.73. The number of hydrogen-bond donors (Lipinski definition) is 0. The molecule has 0 atom stereocenters. The highest BCUT2D eigenvalue weighted by molar-refractivity contribution is 9.10. The lowest BCUT2D eigenvalue weighted by Gasteiger charge is -2.22. The molecule has 0 bridgehead atoms. The van der Waals surface area contributed by atoms with Crippen LogP contribution in [0.3, 0.4) is 0 Å². The molecule has 0 radical (unpaired) electrons. The Balaban J connectivity index is 1.64.